The Balaban J connectivity index is 0.00000195. The fourth-order valence-corrected chi connectivity index (χ4v) is 4.15. The highest BCUT2D eigenvalue weighted by Crippen LogP contribution is 2.37. The van der Waals surface area contributed by atoms with Crippen LogP contribution in [-0.2, 0) is 30.9 Å². The SMILES string of the molecule is CC.CC(=O)OCc1c(B2OC(C)(C)C(C)(C)O2)cccc1-n1ncc2cc(C(C)(C)C)cc(F)c2c1=O. The summed E-state index contributed by atoms with van der Waals surface area (Å²) in [7, 11) is -0.761. The van der Waals surface area contributed by atoms with Gasteiger partial charge < -0.3 is 14.0 Å². The molecule has 0 saturated carbocycles. The van der Waals surface area contributed by atoms with Gasteiger partial charge in [0.1, 0.15) is 12.4 Å². The van der Waals surface area contributed by atoms with Gasteiger partial charge in [0, 0.05) is 17.9 Å². The first-order chi connectivity index (χ1) is 17.6. The van der Waals surface area contributed by atoms with E-state index in [-0.39, 0.29) is 17.4 Å². The van der Waals surface area contributed by atoms with Crippen LogP contribution in [0.3, 0.4) is 0 Å². The zero-order valence-electron chi connectivity index (χ0n) is 24.1. The lowest BCUT2D eigenvalue weighted by Gasteiger charge is -2.32. The number of rotatable bonds is 4. The largest absolute Gasteiger partial charge is 0.495 e. The van der Waals surface area contributed by atoms with Crippen molar-refractivity contribution in [3.05, 3.63) is 63.8 Å². The molecule has 0 amide bonds. The van der Waals surface area contributed by atoms with E-state index >= 15 is 4.39 Å². The summed E-state index contributed by atoms with van der Waals surface area (Å²) in [5.74, 6) is -1.09. The standard InChI is InChI=1S/C27H32BFN2O5.C2H6/c1-16(32)34-15-19-20(28-35-26(5,6)27(7,8)36-28)10-9-11-22(19)31-24(33)23-17(14-30-31)12-18(13-21(23)29)25(2,3)4;1-2/h9-14H,15H2,1-8H3;1-2H3. The molecule has 1 saturated heterocycles. The minimum absolute atomic E-state index is 0.0579. The van der Waals surface area contributed by atoms with Crippen LogP contribution in [0.4, 0.5) is 4.39 Å². The van der Waals surface area contributed by atoms with Crippen molar-refractivity contribution in [2.24, 2.45) is 0 Å². The van der Waals surface area contributed by atoms with Gasteiger partial charge in [-0.25, -0.2) is 4.39 Å². The second-order valence-corrected chi connectivity index (χ2v) is 11.2. The molecular weight excluding hydrogens is 486 g/mol. The Labute approximate surface area is 224 Å². The minimum Gasteiger partial charge on any atom is -0.461 e. The Morgan fingerprint density at radius 2 is 1.71 bits per heavy atom. The van der Waals surface area contributed by atoms with Crippen molar-refractivity contribution in [1.82, 2.24) is 9.78 Å². The lowest BCUT2D eigenvalue weighted by atomic mass is 9.75. The number of halogens is 1. The summed E-state index contributed by atoms with van der Waals surface area (Å²) < 4.78 is 34.1. The van der Waals surface area contributed by atoms with Gasteiger partial charge in [-0.1, -0.05) is 46.8 Å². The minimum atomic E-state index is -0.761. The Morgan fingerprint density at radius 3 is 2.26 bits per heavy atom. The third-order valence-electron chi connectivity index (χ3n) is 7.05. The van der Waals surface area contributed by atoms with E-state index in [2.05, 4.69) is 5.10 Å². The maximum atomic E-state index is 15.2. The van der Waals surface area contributed by atoms with Crippen LogP contribution >= 0.6 is 0 Å². The summed E-state index contributed by atoms with van der Waals surface area (Å²) in [5.41, 5.74) is 0.117. The lowest BCUT2D eigenvalue weighted by Crippen LogP contribution is -2.41. The van der Waals surface area contributed by atoms with Crippen molar-refractivity contribution in [3.63, 3.8) is 0 Å². The molecule has 2 heterocycles. The highest BCUT2D eigenvalue weighted by atomic mass is 19.1. The van der Waals surface area contributed by atoms with Crippen LogP contribution < -0.4 is 11.0 Å². The second-order valence-electron chi connectivity index (χ2n) is 11.2. The summed E-state index contributed by atoms with van der Waals surface area (Å²) in [4.78, 5) is 25.2. The smallest absolute Gasteiger partial charge is 0.461 e. The molecule has 204 valence electrons. The third-order valence-corrected chi connectivity index (χ3v) is 7.05. The molecule has 0 N–H and O–H groups in total. The molecular formula is C29H38BFN2O5. The van der Waals surface area contributed by atoms with Crippen molar-refractivity contribution in [2.45, 2.75) is 92.5 Å². The first-order valence-corrected chi connectivity index (χ1v) is 13.0. The number of ether oxygens (including phenoxy) is 1. The Kier molecular flexibility index (Phi) is 8.25. The van der Waals surface area contributed by atoms with Gasteiger partial charge in [0.25, 0.3) is 5.56 Å². The Bertz CT molecular complexity index is 1390. The molecule has 9 heteroatoms. The Hall–Kier alpha value is -3.04. The fraction of sp³-hybridized carbons (Fsp3) is 0.483. The van der Waals surface area contributed by atoms with Gasteiger partial charge in [-0.05, 0) is 62.3 Å². The number of nitrogens with zero attached hydrogens (tertiary/aromatic N) is 2. The van der Waals surface area contributed by atoms with Crippen LogP contribution in [0.5, 0.6) is 0 Å². The van der Waals surface area contributed by atoms with Gasteiger partial charge in [0.15, 0.2) is 0 Å². The fourth-order valence-electron chi connectivity index (χ4n) is 4.15. The molecule has 1 aromatic heterocycles. The third kappa shape index (κ3) is 5.54. The molecule has 3 aromatic rings. The highest BCUT2D eigenvalue weighted by Gasteiger charge is 2.52. The zero-order valence-corrected chi connectivity index (χ0v) is 24.1. The van der Waals surface area contributed by atoms with E-state index in [0.29, 0.717) is 22.1 Å². The average molecular weight is 524 g/mol. The molecule has 1 aliphatic heterocycles. The van der Waals surface area contributed by atoms with Crippen molar-refractivity contribution in [1.29, 1.82) is 0 Å². The second kappa shape index (κ2) is 10.6. The van der Waals surface area contributed by atoms with Gasteiger partial charge in [-0.15, -0.1) is 0 Å². The maximum Gasteiger partial charge on any atom is 0.495 e. The average Bonchev–Trinajstić information content (AvgIpc) is 3.04. The van der Waals surface area contributed by atoms with E-state index in [1.54, 1.807) is 24.3 Å². The molecule has 7 nitrogen and oxygen atoms in total. The van der Waals surface area contributed by atoms with Gasteiger partial charge >= 0.3 is 13.1 Å². The molecule has 0 spiro atoms. The lowest BCUT2D eigenvalue weighted by molar-refractivity contribution is -0.142. The van der Waals surface area contributed by atoms with Crippen LogP contribution in [0.25, 0.3) is 16.5 Å². The van der Waals surface area contributed by atoms with E-state index in [9.17, 15) is 9.59 Å². The number of aromatic nitrogens is 2. The van der Waals surface area contributed by atoms with Gasteiger partial charge in [-0.2, -0.15) is 9.78 Å². The summed E-state index contributed by atoms with van der Waals surface area (Å²) in [6, 6.07) is 8.40. The maximum absolute atomic E-state index is 15.2. The molecule has 0 radical (unpaired) electrons. The number of benzene rings is 2. The van der Waals surface area contributed by atoms with E-state index in [0.717, 1.165) is 10.2 Å². The van der Waals surface area contributed by atoms with Gasteiger partial charge in [-0.3, -0.25) is 9.59 Å². The highest BCUT2D eigenvalue weighted by molar-refractivity contribution is 6.62. The van der Waals surface area contributed by atoms with E-state index in [1.165, 1.54) is 19.2 Å². The van der Waals surface area contributed by atoms with Gasteiger partial charge in [0.2, 0.25) is 0 Å². The van der Waals surface area contributed by atoms with Crippen LogP contribution in [0, 0.1) is 5.82 Å². The number of carbonyl (C=O) groups is 1. The molecule has 0 bridgehead atoms. The normalized spacial score (nSPS) is 16.2. The quantitative estimate of drug-likeness (QED) is 0.345. The molecule has 0 atom stereocenters. The number of hydrogen-bond donors (Lipinski definition) is 0. The Morgan fingerprint density at radius 1 is 1.11 bits per heavy atom. The van der Waals surface area contributed by atoms with Crippen molar-refractivity contribution in [3.8, 4) is 5.69 Å². The molecule has 38 heavy (non-hydrogen) atoms. The van der Waals surface area contributed by atoms with Crippen LogP contribution in [0.1, 0.15) is 80.4 Å². The van der Waals surface area contributed by atoms with Crippen LogP contribution in [-0.4, -0.2) is 34.1 Å². The number of hydrogen-bond acceptors (Lipinski definition) is 6. The van der Waals surface area contributed by atoms with Crippen molar-refractivity contribution < 1.29 is 23.2 Å². The van der Waals surface area contributed by atoms with Crippen molar-refractivity contribution >= 4 is 29.3 Å². The zero-order chi connectivity index (χ0) is 28.6. The molecule has 1 fully saturated rings. The monoisotopic (exact) mass is 524 g/mol. The molecule has 0 unspecified atom stereocenters. The number of carbonyl (C=O) groups excluding carboxylic acids is 1. The topological polar surface area (TPSA) is 79.7 Å². The molecule has 0 aliphatic carbocycles. The van der Waals surface area contributed by atoms with E-state index in [4.69, 9.17) is 14.0 Å². The van der Waals surface area contributed by atoms with Crippen molar-refractivity contribution in [2.75, 3.05) is 0 Å². The predicted molar refractivity (Wildman–Crippen MR) is 149 cm³/mol. The molecule has 4 rings (SSSR count). The first kappa shape index (κ1) is 29.5. The van der Waals surface area contributed by atoms with E-state index < -0.39 is 35.7 Å². The summed E-state index contributed by atoms with van der Waals surface area (Å²) >= 11 is 0. The first-order valence-electron chi connectivity index (χ1n) is 13.0. The molecule has 2 aromatic carbocycles. The van der Waals surface area contributed by atoms with Gasteiger partial charge in [0.05, 0.1) is 28.5 Å². The van der Waals surface area contributed by atoms with E-state index in [1.807, 2.05) is 62.3 Å². The van der Waals surface area contributed by atoms with Crippen LogP contribution in [0.15, 0.2) is 41.3 Å². The summed E-state index contributed by atoms with van der Waals surface area (Å²) in [6.07, 6.45) is 1.48. The number of esters is 1. The number of fused-ring (bicyclic) bond motifs is 1. The summed E-state index contributed by atoms with van der Waals surface area (Å²) in [5, 5.41) is 4.73. The molecule has 1 aliphatic rings. The predicted octanol–water partition coefficient (Wildman–Crippen LogP) is 5.21. The van der Waals surface area contributed by atoms with Crippen LogP contribution in [0.2, 0.25) is 0 Å². The summed E-state index contributed by atoms with van der Waals surface area (Å²) in [6.45, 7) is 18.8.